The number of hydrogen-bond acceptors (Lipinski definition) is 3. The van der Waals surface area contributed by atoms with E-state index in [1.807, 2.05) is 59.4 Å². The van der Waals surface area contributed by atoms with Gasteiger partial charge in [-0.2, -0.15) is 0 Å². The summed E-state index contributed by atoms with van der Waals surface area (Å²) in [5, 5.41) is 12.2. The molecule has 28 heavy (non-hydrogen) atoms. The van der Waals surface area contributed by atoms with Crippen molar-refractivity contribution in [1.82, 2.24) is 0 Å². The highest BCUT2D eigenvalue weighted by Gasteiger charge is 2.34. The van der Waals surface area contributed by atoms with Crippen molar-refractivity contribution in [2.45, 2.75) is 19.3 Å². The summed E-state index contributed by atoms with van der Waals surface area (Å²) >= 11 is 6.26. The predicted molar refractivity (Wildman–Crippen MR) is 116 cm³/mol. The lowest BCUT2D eigenvalue weighted by Crippen LogP contribution is -2.36. The highest BCUT2D eigenvalue weighted by molar-refractivity contribution is 6.54. The first-order valence-corrected chi connectivity index (χ1v) is 9.81. The number of alkyl halides is 1. The van der Waals surface area contributed by atoms with Gasteiger partial charge in [-0.05, 0) is 29.4 Å². The molecule has 1 aliphatic rings. The quantitative estimate of drug-likeness (QED) is 0.368. The number of benzene rings is 3. The van der Waals surface area contributed by atoms with E-state index in [0.717, 1.165) is 33.3 Å². The van der Waals surface area contributed by atoms with E-state index < -0.39 is 7.05 Å². The predicted octanol–water partition coefficient (Wildman–Crippen LogP) is 5.22. The van der Waals surface area contributed by atoms with Gasteiger partial charge >= 0.3 is 7.05 Å². The molecule has 0 aliphatic carbocycles. The smallest absolute Gasteiger partial charge is 0.409 e. The number of nitrogens with zero attached hydrogens (tertiary/aromatic N) is 2. The van der Waals surface area contributed by atoms with Gasteiger partial charge in [-0.3, -0.25) is 0 Å². The monoisotopic (exact) mass is 390 g/mol. The van der Waals surface area contributed by atoms with Gasteiger partial charge in [0.25, 0.3) is 0 Å². The molecule has 4 rings (SSSR count). The fraction of sp³-hybridized carbons (Fsp3) is 0.227. The van der Waals surface area contributed by atoms with Gasteiger partial charge in [0.1, 0.15) is 12.4 Å². The van der Waals surface area contributed by atoms with E-state index in [1.165, 1.54) is 0 Å². The lowest BCUT2D eigenvalue weighted by molar-refractivity contribution is 0.310. The fourth-order valence-corrected chi connectivity index (χ4v) is 4.14. The largest absolute Gasteiger partial charge is 0.488 e. The van der Waals surface area contributed by atoms with Crippen LogP contribution in [-0.4, -0.2) is 24.5 Å². The third-order valence-electron chi connectivity index (χ3n) is 5.24. The Kier molecular flexibility index (Phi) is 5.17. The maximum Gasteiger partial charge on any atom is 0.409 e. The minimum Gasteiger partial charge on any atom is -0.488 e. The average Bonchev–Trinajstić information content (AvgIpc) is 3.11. The van der Waals surface area contributed by atoms with Gasteiger partial charge in [-0.1, -0.05) is 42.5 Å². The van der Waals surface area contributed by atoms with Crippen molar-refractivity contribution < 1.29 is 9.76 Å². The van der Waals surface area contributed by atoms with Crippen LogP contribution in [0.5, 0.6) is 5.75 Å². The molecule has 1 atom stereocenters. The Morgan fingerprint density at radius 1 is 1.21 bits per heavy atom. The molecule has 0 aromatic heterocycles. The standard InChI is InChI=1S/C22H20BClN2O2/c1-23(27)26-13-16(12-24)22-19-10-17(25-2)8-9-18(19)21(11-20(22)26)28-14-15-6-4-3-5-7-15/h3-11,16,27H,12-14H2,1H3. The summed E-state index contributed by atoms with van der Waals surface area (Å²) in [6.07, 6.45) is 0. The van der Waals surface area contributed by atoms with Crippen LogP contribution in [-0.2, 0) is 6.61 Å². The van der Waals surface area contributed by atoms with Gasteiger partial charge in [0.15, 0.2) is 5.69 Å². The van der Waals surface area contributed by atoms with Crippen molar-refractivity contribution in [2.75, 3.05) is 17.2 Å². The van der Waals surface area contributed by atoms with E-state index in [0.29, 0.717) is 24.7 Å². The molecule has 0 fully saturated rings. The summed E-state index contributed by atoms with van der Waals surface area (Å²) in [6.45, 7) is 10.2. The number of hydrogen-bond donors (Lipinski definition) is 1. The second kappa shape index (κ2) is 7.75. The Bertz CT molecular complexity index is 1050. The molecule has 3 aromatic carbocycles. The molecular formula is C22H20BClN2O2. The van der Waals surface area contributed by atoms with Crippen molar-refractivity contribution >= 4 is 40.8 Å². The molecule has 0 spiro atoms. The maximum atomic E-state index is 10.3. The van der Waals surface area contributed by atoms with Gasteiger partial charge < -0.3 is 14.6 Å². The van der Waals surface area contributed by atoms with E-state index >= 15 is 0 Å². The van der Waals surface area contributed by atoms with Crippen molar-refractivity contribution in [3.05, 3.63) is 77.1 Å². The second-order valence-corrected chi connectivity index (χ2v) is 7.37. The third-order valence-corrected chi connectivity index (χ3v) is 5.61. The first-order valence-electron chi connectivity index (χ1n) is 9.28. The molecule has 0 saturated carbocycles. The van der Waals surface area contributed by atoms with E-state index in [4.69, 9.17) is 22.9 Å². The maximum absolute atomic E-state index is 10.3. The first-order chi connectivity index (χ1) is 13.6. The molecule has 3 aromatic rings. The SMILES string of the molecule is [C-]#[N+]c1ccc2c(OCc3ccccc3)cc3c(c2c1)C(CCl)CN3B(C)O. The van der Waals surface area contributed by atoms with Crippen LogP contribution in [0.4, 0.5) is 11.4 Å². The van der Waals surface area contributed by atoms with Crippen molar-refractivity contribution in [1.29, 1.82) is 0 Å². The van der Waals surface area contributed by atoms with E-state index in [2.05, 4.69) is 4.85 Å². The van der Waals surface area contributed by atoms with Gasteiger partial charge in [0.05, 0.1) is 6.57 Å². The number of halogens is 1. The van der Waals surface area contributed by atoms with Crippen molar-refractivity contribution in [3.63, 3.8) is 0 Å². The van der Waals surface area contributed by atoms with Crippen LogP contribution in [0.15, 0.2) is 54.6 Å². The average molecular weight is 391 g/mol. The summed E-state index contributed by atoms with van der Waals surface area (Å²) in [4.78, 5) is 5.53. The second-order valence-electron chi connectivity index (χ2n) is 7.06. The Hall–Kier alpha value is -2.68. The van der Waals surface area contributed by atoms with Crippen molar-refractivity contribution in [2.24, 2.45) is 0 Å². The molecule has 6 heteroatoms. The van der Waals surface area contributed by atoms with Crippen LogP contribution < -0.4 is 9.55 Å². The van der Waals surface area contributed by atoms with E-state index in [1.54, 1.807) is 6.82 Å². The van der Waals surface area contributed by atoms with E-state index in [9.17, 15) is 5.02 Å². The fourth-order valence-electron chi connectivity index (χ4n) is 3.89. The lowest BCUT2D eigenvalue weighted by atomic mass is 9.85. The van der Waals surface area contributed by atoms with Crippen LogP contribution in [0.1, 0.15) is 17.0 Å². The summed E-state index contributed by atoms with van der Waals surface area (Å²) in [5.74, 6) is 1.30. The Morgan fingerprint density at radius 3 is 2.68 bits per heavy atom. The molecule has 1 N–H and O–H groups in total. The Balaban J connectivity index is 1.86. The lowest BCUT2D eigenvalue weighted by Gasteiger charge is -2.22. The van der Waals surface area contributed by atoms with Crippen molar-refractivity contribution in [3.8, 4) is 5.75 Å². The topological polar surface area (TPSA) is 37.1 Å². The molecular weight excluding hydrogens is 371 g/mol. The minimum atomic E-state index is -0.629. The summed E-state index contributed by atoms with van der Waals surface area (Å²) in [5.41, 5.74) is 3.68. The number of rotatable bonds is 5. The number of fused-ring (bicyclic) bond motifs is 3. The number of anilines is 1. The van der Waals surface area contributed by atoms with Gasteiger partial charge in [0.2, 0.25) is 0 Å². The molecule has 1 aliphatic heterocycles. The zero-order chi connectivity index (χ0) is 19.7. The number of ether oxygens (including phenoxy) is 1. The molecule has 0 bridgehead atoms. The van der Waals surface area contributed by atoms with E-state index in [-0.39, 0.29) is 5.92 Å². The third kappa shape index (κ3) is 3.30. The molecule has 0 amide bonds. The van der Waals surface area contributed by atoms with Gasteiger partial charge in [0, 0.05) is 35.5 Å². The van der Waals surface area contributed by atoms with Crippen LogP contribution in [0.3, 0.4) is 0 Å². The molecule has 0 saturated heterocycles. The molecule has 140 valence electrons. The van der Waals surface area contributed by atoms with Crippen LogP contribution in [0.2, 0.25) is 6.82 Å². The Labute approximate surface area is 170 Å². The van der Waals surface area contributed by atoms with Gasteiger partial charge in [-0.15, -0.1) is 11.6 Å². The normalized spacial score (nSPS) is 15.4. The van der Waals surface area contributed by atoms with Crippen LogP contribution in [0.25, 0.3) is 15.6 Å². The highest BCUT2D eigenvalue weighted by Crippen LogP contribution is 2.46. The first kappa shape index (κ1) is 18.7. The summed E-state index contributed by atoms with van der Waals surface area (Å²) < 4.78 is 6.18. The zero-order valence-corrected chi connectivity index (χ0v) is 16.4. The molecule has 1 unspecified atom stereocenters. The summed E-state index contributed by atoms with van der Waals surface area (Å²) in [6, 6.07) is 17.7. The molecule has 4 nitrogen and oxygen atoms in total. The Morgan fingerprint density at radius 2 is 2.00 bits per heavy atom. The van der Waals surface area contributed by atoms with Crippen LogP contribution >= 0.6 is 11.6 Å². The highest BCUT2D eigenvalue weighted by atomic mass is 35.5. The van der Waals surface area contributed by atoms with Gasteiger partial charge in [-0.25, -0.2) is 4.85 Å². The molecule has 0 radical (unpaired) electrons. The zero-order valence-electron chi connectivity index (χ0n) is 15.6. The summed E-state index contributed by atoms with van der Waals surface area (Å²) in [7, 11) is -0.629. The minimum absolute atomic E-state index is 0.0953. The molecule has 1 heterocycles. The van der Waals surface area contributed by atoms with Crippen LogP contribution in [0, 0.1) is 6.57 Å².